The van der Waals surface area contributed by atoms with E-state index in [1.54, 1.807) is 17.9 Å². The SMILES string of the molecule is CC(=O)NNc1ncnc2c1cnn2C. The smallest absolute Gasteiger partial charge is 0.235 e. The topological polar surface area (TPSA) is 84.7 Å². The maximum absolute atomic E-state index is 10.7. The summed E-state index contributed by atoms with van der Waals surface area (Å²) in [5, 5.41) is 4.80. The van der Waals surface area contributed by atoms with Crippen molar-refractivity contribution < 1.29 is 4.79 Å². The van der Waals surface area contributed by atoms with Crippen LogP contribution in [-0.2, 0) is 11.8 Å². The molecule has 0 aliphatic carbocycles. The van der Waals surface area contributed by atoms with Crippen LogP contribution in [0.3, 0.4) is 0 Å². The lowest BCUT2D eigenvalue weighted by molar-refractivity contribution is -0.118. The number of rotatable bonds is 2. The Morgan fingerprint density at radius 2 is 2.27 bits per heavy atom. The molecule has 0 spiro atoms. The van der Waals surface area contributed by atoms with E-state index in [4.69, 9.17) is 0 Å². The second-order valence-corrected chi connectivity index (χ2v) is 3.03. The zero-order valence-corrected chi connectivity index (χ0v) is 8.35. The average molecular weight is 206 g/mol. The Labute approximate surface area is 85.5 Å². The van der Waals surface area contributed by atoms with Crippen LogP contribution in [0.25, 0.3) is 11.0 Å². The molecule has 0 fully saturated rings. The van der Waals surface area contributed by atoms with Crippen molar-refractivity contribution in [1.82, 2.24) is 25.2 Å². The van der Waals surface area contributed by atoms with Crippen molar-refractivity contribution in [2.75, 3.05) is 5.43 Å². The van der Waals surface area contributed by atoms with E-state index in [2.05, 4.69) is 25.9 Å². The van der Waals surface area contributed by atoms with E-state index < -0.39 is 0 Å². The first-order valence-electron chi connectivity index (χ1n) is 4.34. The van der Waals surface area contributed by atoms with Gasteiger partial charge in [-0.3, -0.25) is 20.3 Å². The van der Waals surface area contributed by atoms with Gasteiger partial charge in [-0.1, -0.05) is 0 Å². The van der Waals surface area contributed by atoms with Gasteiger partial charge in [0.25, 0.3) is 0 Å². The third-order valence-electron chi connectivity index (χ3n) is 1.89. The quantitative estimate of drug-likeness (QED) is 0.666. The predicted molar refractivity (Wildman–Crippen MR) is 53.7 cm³/mol. The minimum Gasteiger partial charge on any atom is -0.281 e. The minimum atomic E-state index is -0.189. The number of carbonyl (C=O) groups excluding carboxylic acids is 1. The van der Waals surface area contributed by atoms with Gasteiger partial charge in [0.05, 0.1) is 11.6 Å². The maximum atomic E-state index is 10.7. The first kappa shape index (κ1) is 9.38. The molecule has 2 N–H and O–H groups in total. The normalized spacial score (nSPS) is 10.3. The molecule has 7 heteroatoms. The summed E-state index contributed by atoms with van der Waals surface area (Å²) in [6, 6.07) is 0. The summed E-state index contributed by atoms with van der Waals surface area (Å²) in [5.74, 6) is 0.342. The van der Waals surface area contributed by atoms with Crippen LogP contribution < -0.4 is 10.9 Å². The van der Waals surface area contributed by atoms with E-state index in [9.17, 15) is 4.79 Å². The number of nitrogens with zero attached hydrogens (tertiary/aromatic N) is 4. The fourth-order valence-corrected chi connectivity index (χ4v) is 1.21. The first-order valence-corrected chi connectivity index (χ1v) is 4.34. The van der Waals surface area contributed by atoms with Crippen LogP contribution in [0, 0.1) is 0 Å². The van der Waals surface area contributed by atoms with E-state index in [-0.39, 0.29) is 5.91 Å². The van der Waals surface area contributed by atoms with Gasteiger partial charge in [0.1, 0.15) is 6.33 Å². The van der Waals surface area contributed by atoms with E-state index in [1.807, 2.05) is 0 Å². The van der Waals surface area contributed by atoms with Gasteiger partial charge < -0.3 is 0 Å². The van der Waals surface area contributed by atoms with Crippen LogP contribution >= 0.6 is 0 Å². The highest BCUT2D eigenvalue weighted by atomic mass is 16.2. The lowest BCUT2D eigenvalue weighted by Crippen LogP contribution is -2.27. The highest BCUT2D eigenvalue weighted by Gasteiger charge is 2.06. The van der Waals surface area contributed by atoms with Crippen molar-refractivity contribution in [3.8, 4) is 0 Å². The molecular weight excluding hydrogens is 196 g/mol. The molecule has 0 aromatic carbocycles. The zero-order chi connectivity index (χ0) is 10.8. The molecule has 0 radical (unpaired) electrons. The standard InChI is InChI=1S/C8H10N6O/c1-5(15)12-13-7-6-3-11-14(2)8(6)10-4-9-7/h3-4H,1-2H3,(H,12,15)(H,9,10,13). The molecule has 1 amide bonds. The lowest BCUT2D eigenvalue weighted by atomic mass is 10.4. The van der Waals surface area contributed by atoms with E-state index in [0.29, 0.717) is 11.5 Å². The number of hydrogen-bond acceptors (Lipinski definition) is 5. The first-order chi connectivity index (χ1) is 7.18. The Morgan fingerprint density at radius 3 is 3.00 bits per heavy atom. The van der Waals surface area contributed by atoms with Crippen molar-refractivity contribution in [1.29, 1.82) is 0 Å². The summed E-state index contributed by atoms with van der Waals surface area (Å²) in [7, 11) is 1.79. The second kappa shape index (κ2) is 3.52. The molecule has 2 aromatic heterocycles. The van der Waals surface area contributed by atoms with Crippen LogP contribution in [-0.4, -0.2) is 25.7 Å². The van der Waals surface area contributed by atoms with Crippen LogP contribution in [0.2, 0.25) is 0 Å². The molecule has 2 rings (SSSR count). The number of hydrogen-bond donors (Lipinski definition) is 2. The summed E-state index contributed by atoms with van der Waals surface area (Å²) >= 11 is 0. The highest BCUT2D eigenvalue weighted by Crippen LogP contribution is 2.16. The number of nitrogens with one attached hydrogen (secondary N) is 2. The van der Waals surface area contributed by atoms with Crippen molar-refractivity contribution in [2.45, 2.75) is 6.92 Å². The van der Waals surface area contributed by atoms with Gasteiger partial charge in [-0.25, -0.2) is 9.97 Å². The third kappa shape index (κ3) is 1.71. The van der Waals surface area contributed by atoms with E-state index in [0.717, 1.165) is 5.39 Å². The molecule has 0 aliphatic rings. The van der Waals surface area contributed by atoms with Crippen molar-refractivity contribution >= 4 is 22.8 Å². The summed E-state index contributed by atoms with van der Waals surface area (Å²) in [6.07, 6.45) is 3.05. The Kier molecular flexibility index (Phi) is 2.20. The minimum absolute atomic E-state index is 0.189. The number of aryl methyl sites for hydroxylation is 1. The highest BCUT2D eigenvalue weighted by molar-refractivity contribution is 5.87. The molecule has 15 heavy (non-hydrogen) atoms. The monoisotopic (exact) mass is 206 g/mol. The fraction of sp³-hybridized carbons (Fsp3) is 0.250. The molecule has 7 nitrogen and oxygen atoms in total. The van der Waals surface area contributed by atoms with E-state index in [1.165, 1.54) is 13.3 Å². The second-order valence-electron chi connectivity index (χ2n) is 3.03. The Morgan fingerprint density at radius 1 is 1.47 bits per heavy atom. The predicted octanol–water partition coefficient (Wildman–Crippen LogP) is -0.174. The van der Waals surface area contributed by atoms with E-state index >= 15 is 0 Å². The van der Waals surface area contributed by atoms with Crippen molar-refractivity contribution in [2.24, 2.45) is 7.05 Å². The molecule has 78 valence electrons. The summed E-state index contributed by atoms with van der Waals surface area (Å²) in [5.41, 5.74) is 5.85. The van der Waals surface area contributed by atoms with Gasteiger partial charge in [-0.15, -0.1) is 0 Å². The third-order valence-corrected chi connectivity index (χ3v) is 1.89. The summed E-state index contributed by atoms with van der Waals surface area (Å²) in [4.78, 5) is 18.8. The summed E-state index contributed by atoms with van der Waals surface area (Å²) in [6.45, 7) is 1.41. The largest absolute Gasteiger partial charge is 0.281 e. The number of aromatic nitrogens is 4. The maximum Gasteiger partial charge on any atom is 0.235 e. The molecule has 0 saturated carbocycles. The molecule has 0 unspecified atom stereocenters. The number of amides is 1. The molecule has 2 aromatic rings. The number of hydrazine groups is 1. The fourth-order valence-electron chi connectivity index (χ4n) is 1.21. The molecule has 0 atom stereocenters. The van der Waals surface area contributed by atoms with Crippen LogP contribution in [0.1, 0.15) is 6.92 Å². The van der Waals surface area contributed by atoms with Crippen molar-refractivity contribution in [3.63, 3.8) is 0 Å². The molecule has 0 aliphatic heterocycles. The van der Waals surface area contributed by atoms with Gasteiger partial charge >= 0.3 is 0 Å². The Bertz CT molecular complexity index is 505. The number of fused-ring (bicyclic) bond motifs is 1. The number of anilines is 1. The Balaban J connectivity index is 2.38. The molecule has 0 bridgehead atoms. The molecule has 0 saturated heterocycles. The molecule has 2 heterocycles. The molecular formula is C8H10N6O. The van der Waals surface area contributed by atoms with Gasteiger partial charge in [-0.05, 0) is 0 Å². The van der Waals surface area contributed by atoms with Gasteiger partial charge in [0.15, 0.2) is 11.5 Å². The van der Waals surface area contributed by atoms with Gasteiger partial charge in [0.2, 0.25) is 5.91 Å². The zero-order valence-electron chi connectivity index (χ0n) is 8.35. The lowest BCUT2D eigenvalue weighted by Gasteiger charge is -2.05. The van der Waals surface area contributed by atoms with Gasteiger partial charge in [0, 0.05) is 14.0 Å². The van der Waals surface area contributed by atoms with Crippen LogP contribution in [0.15, 0.2) is 12.5 Å². The van der Waals surface area contributed by atoms with Crippen LogP contribution in [0.4, 0.5) is 5.82 Å². The van der Waals surface area contributed by atoms with Gasteiger partial charge in [-0.2, -0.15) is 5.10 Å². The number of carbonyl (C=O) groups is 1. The summed E-state index contributed by atoms with van der Waals surface area (Å²) < 4.78 is 1.63. The van der Waals surface area contributed by atoms with Crippen molar-refractivity contribution in [3.05, 3.63) is 12.5 Å². The average Bonchev–Trinajstić information content (AvgIpc) is 2.58. The Hall–Kier alpha value is -2.18. The van der Waals surface area contributed by atoms with Crippen LogP contribution in [0.5, 0.6) is 0 Å².